The highest BCUT2D eigenvalue weighted by Crippen LogP contribution is 2.33. The summed E-state index contributed by atoms with van der Waals surface area (Å²) < 4.78 is 1.05. The fourth-order valence-corrected chi connectivity index (χ4v) is 2.72. The highest BCUT2D eigenvalue weighted by molar-refractivity contribution is 9.10. The lowest BCUT2D eigenvalue weighted by molar-refractivity contribution is -0.110. The number of halogens is 2. The average Bonchev–Trinajstić information content (AvgIpc) is 2.51. The van der Waals surface area contributed by atoms with Gasteiger partial charge in [0, 0.05) is 8.95 Å². The Labute approximate surface area is 154 Å². The van der Waals surface area contributed by atoms with E-state index < -0.39 is 0 Å². The Morgan fingerprint density at radius 3 is 1.42 bits per heavy atom. The summed E-state index contributed by atoms with van der Waals surface area (Å²) in [6.07, 6.45) is 5.56. The molecule has 0 amide bonds. The molecule has 0 spiro atoms. The Morgan fingerprint density at radius 2 is 1.04 bits per heavy atom. The van der Waals surface area contributed by atoms with Crippen LogP contribution in [0.1, 0.15) is 11.1 Å². The van der Waals surface area contributed by atoms with Gasteiger partial charge in [0.2, 0.25) is 0 Å². The number of ketones is 1. The summed E-state index contributed by atoms with van der Waals surface area (Å²) in [6.45, 7) is 0. The standard InChI is InChI=1S/C17H12Br2O5/c18-12-7-16(23)14(21)5-9(12)1-3-11(20)4-2-10-6-15(22)17(24)8-13(10)19/h1-8,21-24H/b3-1+,4-2+. The van der Waals surface area contributed by atoms with Gasteiger partial charge in [0.1, 0.15) is 0 Å². The number of allylic oxidation sites excluding steroid dienone is 2. The van der Waals surface area contributed by atoms with E-state index in [1.54, 1.807) is 0 Å². The van der Waals surface area contributed by atoms with Crippen LogP contribution in [0, 0.1) is 0 Å². The highest BCUT2D eigenvalue weighted by atomic mass is 79.9. The minimum Gasteiger partial charge on any atom is -0.504 e. The third-order valence-corrected chi connectivity index (χ3v) is 4.42. The van der Waals surface area contributed by atoms with E-state index in [9.17, 15) is 25.2 Å². The van der Waals surface area contributed by atoms with Gasteiger partial charge >= 0.3 is 0 Å². The molecule has 124 valence electrons. The third kappa shape index (κ3) is 4.39. The fraction of sp³-hybridized carbons (Fsp3) is 0. The molecule has 0 aliphatic heterocycles. The first kappa shape index (κ1) is 18.1. The Hall–Kier alpha value is -2.25. The van der Waals surface area contributed by atoms with Gasteiger partial charge in [0.25, 0.3) is 0 Å². The second-order valence-corrected chi connectivity index (χ2v) is 6.50. The number of aromatic hydroxyl groups is 4. The maximum Gasteiger partial charge on any atom is 0.178 e. The summed E-state index contributed by atoms with van der Waals surface area (Å²) in [5, 5.41) is 37.6. The molecular weight excluding hydrogens is 444 g/mol. The van der Waals surface area contributed by atoms with Crippen LogP contribution < -0.4 is 0 Å². The van der Waals surface area contributed by atoms with Crippen molar-refractivity contribution in [3.8, 4) is 23.0 Å². The van der Waals surface area contributed by atoms with Crippen molar-refractivity contribution >= 4 is 49.8 Å². The molecule has 0 heterocycles. The summed E-state index contributed by atoms with van der Waals surface area (Å²) in [5.74, 6) is -1.42. The first-order valence-corrected chi connectivity index (χ1v) is 8.19. The smallest absolute Gasteiger partial charge is 0.178 e. The van der Waals surface area contributed by atoms with Gasteiger partial charge in [-0.05, 0) is 59.7 Å². The third-order valence-electron chi connectivity index (χ3n) is 3.04. The van der Waals surface area contributed by atoms with Crippen molar-refractivity contribution in [1.82, 2.24) is 0 Å². The molecule has 5 nitrogen and oxygen atoms in total. The zero-order valence-electron chi connectivity index (χ0n) is 12.1. The van der Waals surface area contributed by atoms with Gasteiger partial charge in [-0.3, -0.25) is 4.79 Å². The predicted molar refractivity (Wildman–Crippen MR) is 98.0 cm³/mol. The SMILES string of the molecule is O=C(/C=C/c1cc(O)c(O)cc1Br)/C=C/c1cc(O)c(O)cc1Br. The number of benzene rings is 2. The van der Waals surface area contributed by atoms with Gasteiger partial charge in [0.05, 0.1) is 0 Å². The minimum absolute atomic E-state index is 0.262. The Morgan fingerprint density at radius 1 is 0.708 bits per heavy atom. The molecule has 0 unspecified atom stereocenters. The van der Waals surface area contributed by atoms with Crippen LogP contribution in [0.4, 0.5) is 0 Å². The van der Waals surface area contributed by atoms with E-state index in [0.717, 1.165) is 0 Å². The highest BCUT2D eigenvalue weighted by Gasteiger charge is 2.06. The largest absolute Gasteiger partial charge is 0.504 e. The van der Waals surface area contributed by atoms with Crippen molar-refractivity contribution in [1.29, 1.82) is 0 Å². The number of carbonyl (C=O) groups is 1. The van der Waals surface area contributed by atoms with Crippen LogP contribution in [0.3, 0.4) is 0 Å². The van der Waals surface area contributed by atoms with Crippen LogP contribution in [0.15, 0.2) is 45.4 Å². The van der Waals surface area contributed by atoms with Crippen molar-refractivity contribution in [3.05, 3.63) is 56.5 Å². The van der Waals surface area contributed by atoms with Gasteiger partial charge in [0.15, 0.2) is 28.8 Å². The molecule has 0 atom stereocenters. The molecule has 0 aliphatic rings. The van der Waals surface area contributed by atoms with Crippen molar-refractivity contribution in [2.45, 2.75) is 0 Å². The lowest BCUT2D eigenvalue weighted by Gasteiger charge is -2.02. The topological polar surface area (TPSA) is 98.0 Å². The van der Waals surface area contributed by atoms with Crippen LogP contribution in [0.25, 0.3) is 12.2 Å². The Kier molecular flexibility index (Phi) is 5.69. The number of phenolic OH excluding ortho intramolecular Hbond substituents is 4. The van der Waals surface area contributed by atoms with Gasteiger partial charge in [-0.1, -0.05) is 31.9 Å². The molecule has 0 saturated carbocycles. The first-order valence-electron chi connectivity index (χ1n) is 6.61. The maximum absolute atomic E-state index is 11.9. The molecule has 2 aromatic rings. The summed E-state index contributed by atoms with van der Waals surface area (Å²) >= 11 is 6.44. The minimum atomic E-state index is -0.325. The van der Waals surface area contributed by atoms with Gasteiger partial charge in [-0.25, -0.2) is 0 Å². The molecule has 2 rings (SSSR count). The monoisotopic (exact) mass is 454 g/mol. The second-order valence-electron chi connectivity index (χ2n) is 4.79. The quantitative estimate of drug-likeness (QED) is 0.406. The molecule has 0 aliphatic carbocycles. The van der Waals surface area contributed by atoms with E-state index in [1.807, 2.05) is 0 Å². The first-order chi connectivity index (χ1) is 11.3. The van der Waals surface area contributed by atoms with E-state index in [-0.39, 0.29) is 28.8 Å². The van der Waals surface area contributed by atoms with Crippen LogP contribution in [0.5, 0.6) is 23.0 Å². The summed E-state index contributed by atoms with van der Waals surface area (Å²) in [7, 11) is 0. The second kappa shape index (κ2) is 7.55. The predicted octanol–water partition coefficient (Wildman–Crippen LogP) is 4.33. The van der Waals surface area contributed by atoms with Crippen molar-refractivity contribution in [2.75, 3.05) is 0 Å². The maximum atomic E-state index is 11.9. The molecule has 0 bridgehead atoms. The van der Waals surface area contributed by atoms with E-state index in [2.05, 4.69) is 31.9 Å². The van der Waals surface area contributed by atoms with Crippen LogP contribution in [-0.4, -0.2) is 26.2 Å². The number of phenols is 4. The summed E-state index contributed by atoms with van der Waals surface area (Å²) in [5.41, 5.74) is 1.05. The molecule has 2 aromatic carbocycles. The summed E-state index contributed by atoms with van der Waals surface area (Å²) in [6, 6.07) is 5.29. The zero-order chi connectivity index (χ0) is 17.9. The van der Waals surface area contributed by atoms with Crippen LogP contribution in [-0.2, 0) is 4.79 Å². The van der Waals surface area contributed by atoms with Crippen LogP contribution in [0.2, 0.25) is 0 Å². The van der Waals surface area contributed by atoms with Gasteiger partial charge < -0.3 is 20.4 Å². The molecule has 0 saturated heterocycles. The molecule has 7 heteroatoms. The normalized spacial score (nSPS) is 11.4. The molecular formula is C17H12Br2O5. The molecule has 0 aromatic heterocycles. The zero-order valence-corrected chi connectivity index (χ0v) is 15.2. The van der Waals surface area contributed by atoms with Crippen molar-refractivity contribution in [2.24, 2.45) is 0 Å². The molecule has 24 heavy (non-hydrogen) atoms. The molecule has 0 fully saturated rings. The summed E-state index contributed by atoms with van der Waals surface area (Å²) in [4.78, 5) is 11.9. The van der Waals surface area contributed by atoms with E-state index in [0.29, 0.717) is 20.1 Å². The average molecular weight is 456 g/mol. The fourth-order valence-electron chi connectivity index (χ4n) is 1.79. The Balaban J connectivity index is 2.16. The molecule has 0 radical (unpaired) electrons. The number of hydrogen-bond acceptors (Lipinski definition) is 5. The van der Waals surface area contributed by atoms with Crippen molar-refractivity contribution < 1.29 is 25.2 Å². The molecule has 4 N–H and O–H groups in total. The van der Waals surface area contributed by atoms with Crippen LogP contribution >= 0.6 is 31.9 Å². The van der Waals surface area contributed by atoms with E-state index >= 15 is 0 Å². The number of rotatable bonds is 4. The van der Waals surface area contributed by atoms with Gasteiger partial charge in [-0.15, -0.1) is 0 Å². The lowest BCUT2D eigenvalue weighted by atomic mass is 10.1. The van der Waals surface area contributed by atoms with Crippen molar-refractivity contribution in [3.63, 3.8) is 0 Å². The lowest BCUT2D eigenvalue weighted by Crippen LogP contribution is -1.86. The number of carbonyl (C=O) groups excluding carboxylic acids is 1. The Bertz CT molecular complexity index is 787. The van der Waals surface area contributed by atoms with E-state index in [1.165, 1.54) is 48.6 Å². The van der Waals surface area contributed by atoms with E-state index in [4.69, 9.17) is 0 Å². The number of hydrogen-bond donors (Lipinski definition) is 4. The van der Waals surface area contributed by atoms with Gasteiger partial charge in [-0.2, -0.15) is 0 Å².